The second kappa shape index (κ2) is 9.89. The van der Waals surface area contributed by atoms with Crippen LogP contribution >= 0.6 is 23.4 Å². The first kappa shape index (κ1) is 21.9. The number of ether oxygens (including phenoxy) is 1. The number of fused-ring (bicyclic) bond motifs is 1. The highest BCUT2D eigenvalue weighted by Gasteiger charge is 2.16. The van der Waals surface area contributed by atoms with Gasteiger partial charge in [0.15, 0.2) is 0 Å². The molecule has 0 unspecified atom stereocenters. The molecular formula is C24H20ClN3O3S. The van der Waals surface area contributed by atoms with Crippen LogP contribution in [0, 0.1) is 0 Å². The molecular weight excluding hydrogens is 446 g/mol. The van der Waals surface area contributed by atoms with Gasteiger partial charge >= 0.3 is 5.97 Å². The molecule has 1 aromatic heterocycles. The molecule has 0 aliphatic heterocycles. The van der Waals surface area contributed by atoms with Crippen molar-refractivity contribution in [2.45, 2.75) is 25.1 Å². The molecule has 6 nitrogen and oxygen atoms in total. The minimum atomic E-state index is -1.06. The number of aryl methyl sites for hydroxylation is 1. The van der Waals surface area contributed by atoms with Gasteiger partial charge in [-0.3, -0.25) is 5.10 Å². The second-order valence-electron chi connectivity index (χ2n) is 6.95. The van der Waals surface area contributed by atoms with Crippen LogP contribution in [0.1, 0.15) is 23.9 Å². The van der Waals surface area contributed by atoms with E-state index < -0.39 is 5.97 Å². The van der Waals surface area contributed by atoms with Gasteiger partial charge in [-0.05, 0) is 52.4 Å². The van der Waals surface area contributed by atoms with E-state index in [2.05, 4.69) is 15.2 Å². The second-order valence-corrected chi connectivity index (χ2v) is 8.39. The largest absolute Gasteiger partial charge is 0.488 e. The smallest absolute Gasteiger partial charge is 0.342 e. The van der Waals surface area contributed by atoms with Gasteiger partial charge in [0.05, 0.1) is 0 Å². The Morgan fingerprint density at radius 1 is 1.16 bits per heavy atom. The van der Waals surface area contributed by atoms with Crippen molar-refractivity contribution < 1.29 is 14.6 Å². The lowest BCUT2D eigenvalue weighted by molar-refractivity contribution is -0.131. The quantitative estimate of drug-likeness (QED) is 0.246. The molecule has 162 valence electrons. The summed E-state index contributed by atoms with van der Waals surface area (Å²) < 4.78 is 6.10. The van der Waals surface area contributed by atoms with Crippen molar-refractivity contribution in [3.63, 3.8) is 0 Å². The number of aliphatic carboxylic acids is 1. The van der Waals surface area contributed by atoms with E-state index in [9.17, 15) is 9.90 Å². The number of aromatic amines is 1. The number of aromatic nitrogens is 3. The van der Waals surface area contributed by atoms with E-state index in [0.717, 1.165) is 28.1 Å². The average Bonchev–Trinajstić information content (AvgIpc) is 3.26. The molecule has 4 aromatic rings. The zero-order valence-electron chi connectivity index (χ0n) is 17.2. The molecule has 0 spiro atoms. The highest BCUT2D eigenvalue weighted by atomic mass is 35.5. The fraction of sp³-hybridized carbons (Fsp3) is 0.125. The maximum Gasteiger partial charge on any atom is 0.342 e. The summed E-state index contributed by atoms with van der Waals surface area (Å²) in [6.07, 6.45) is 2.31. The lowest BCUT2D eigenvalue weighted by Crippen LogP contribution is -2.00. The van der Waals surface area contributed by atoms with Crippen LogP contribution in [0.2, 0.25) is 5.02 Å². The summed E-state index contributed by atoms with van der Waals surface area (Å²) in [5, 5.41) is 19.7. The highest BCUT2D eigenvalue weighted by Crippen LogP contribution is 2.34. The Hall–Kier alpha value is -3.29. The monoisotopic (exact) mass is 465 g/mol. The third-order valence-corrected chi connectivity index (χ3v) is 5.90. The number of hydrogen-bond acceptors (Lipinski definition) is 5. The third kappa shape index (κ3) is 5.12. The Morgan fingerprint density at radius 2 is 1.94 bits per heavy atom. The number of carboxylic acid groups (broad SMARTS) is 1. The van der Waals surface area contributed by atoms with E-state index in [1.807, 2.05) is 67.6 Å². The minimum Gasteiger partial charge on any atom is -0.488 e. The van der Waals surface area contributed by atoms with E-state index in [-0.39, 0.29) is 4.91 Å². The fourth-order valence-corrected chi connectivity index (χ4v) is 3.97. The van der Waals surface area contributed by atoms with Crippen LogP contribution in [0.3, 0.4) is 0 Å². The predicted molar refractivity (Wildman–Crippen MR) is 127 cm³/mol. The summed E-state index contributed by atoms with van der Waals surface area (Å²) in [5.74, 6) is 0.228. The Balaban J connectivity index is 1.72. The molecule has 0 bridgehead atoms. The van der Waals surface area contributed by atoms with Crippen molar-refractivity contribution in [3.05, 3.63) is 87.5 Å². The molecule has 0 aliphatic carbocycles. The molecule has 2 N–H and O–H groups in total. The normalized spacial score (nSPS) is 11.6. The number of nitrogens with zero attached hydrogens (tertiary/aromatic N) is 2. The Bertz CT molecular complexity index is 1290. The van der Waals surface area contributed by atoms with Crippen LogP contribution < -0.4 is 4.74 Å². The number of thioether (sulfide) groups is 1. The van der Waals surface area contributed by atoms with E-state index in [1.54, 1.807) is 6.08 Å². The van der Waals surface area contributed by atoms with E-state index in [1.165, 1.54) is 0 Å². The lowest BCUT2D eigenvalue weighted by Gasteiger charge is -2.13. The van der Waals surface area contributed by atoms with Crippen molar-refractivity contribution in [2.24, 2.45) is 0 Å². The molecule has 1 heterocycles. The third-order valence-electron chi connectivity index (χ3n) is 4.77. The number of H-pyrrole nitrogens is 1. The summed E-state index contributed by atoms with van der Waals surface area (Å²) in [5.41, 5.74) is 1.64. The average molecular weight is 466 g/mol. The summed E-state index contributed by atoms with van der Waals surface area (Å²) in [6.45, 7) is 2.27. The number of hydrogen-bond donors (Lipinski definition) is 2. The van der Waals surface area contributed by atoms with Gasteiger partial charge in [0.1, 0.15) is 23.1 Å². The van der Waals surface area contributed by atoms with Crippen molar-refractivity contribution in [1.82, 2.24) is 15.2 Å². The lowest BCUT2D eigenvalue weighted by atomic mass is 10.0. The molecule has 0 amide bonds. The Morgan fingerprint density at radius 3 is 2.66 bits per heavy atom. The van der Waals surface area contributed by atoms with Crippen molar-refractivity contribution >= 4 is 46.2 Å². The summed E-state index contributed by atoms with van der Waals surface area (Å²) in [7, 11) is 0. The van der Waals surface area contributed by atoms with Gasteiger partial charge in [-0.15, -0.1) is 5.10 Å². The Labute approximate surface area is 194 Å². The van der Waals surface area contributed by atoms with Crippen LogP contribution in [0.25, 0.3) is 16.8 Å². The number of halogens is 1. The first-order valence-electron chi connectivity index (χ1n) is 9.96. The summed E-state index contributed by atoms with van der Waals surface area (Å²) in [6, 6.07) is 19.0. The zero-order chi connectivity index (χ0) is 22.5. The van der Waals surface area contributed by atoms with Crippen LogP contribution in [0.4, 0.5) is 0 Å². The molecule has 32 heavy (non-hydrogen) atoms. The number of rotatable bonds is 8. The highest BCUT2D eigenvalue weighted by molar-refractivity contribution is 8.04. The van der Waals surface area contributed by atoms with Gasteiger partial charge in [0.2, 0.25) is 5.16 Å². The van der Waals surface area contributed by atoms with Gasteiger partial charge in [-0.2, -0.15) is 0 Å². The van der Waals surface area contributed by atoms with Crippen LogP contribution in [0.5, 0.6) is 5.75 Å². The van der Waals surface area contributed by atoms with Gasteiger partial charge in [-0.25, -0.2) is 9.78 Å². The first-order valence-corrected chi connectivity index (χ1v) is 11.2. The van der Waals surface area contributed by atoms with Gasteiger partial charge in [0, 0.05) is 17.0 Å². The number of carboxylic acids is 1. The number of carbonyl (C=O) groups is 1. The van der Waals surface area contributed by atoms with Crippen molar-refractivity contribution in [3.8, 4) is 5.75 Å². The van der Waals surface area contributed by atoms with Gasteiger partial charge in [0.25, 0.3) is 0 Å². The topological polar surface area (TPSA) is 88.1 Å². The van der Waals surface area contributed by atoms with Crippen molar-refractivity contribution in [1.29, 1.82) is 0 Å². The van der Waals surface area contributed by atoms with Gasteiger partial charge < -0.3 is 9.84 Å². The van der Waals surface area contributed by atoms with E-state index in [4.69, 9.17) is 16.3 Å². The molecule has 0 aliphatic rings. The molecule has 0 fully saturated rings. The standard InChI is InChI=1S/C24H20ClN3O3S/c1-2-22-26-24(28-27-22)32-21(23(29)30)13-19-18-6-4-3-5-16(18)9-12-20(19)31-14-15-7-10-17(25)11-8-15/h3-13H,2,14H2,1H3,(H,29,30)(H,26,27,28)/b21-13-. The molecule has 0 saturated heterocycles. The summed E-state index contributed by atoms with van der Waals surface area (Å²) >= 11 is 6.96. The molecule has 0 saturated carbocycles. The molecule has 0 atom stereocenters. The summed E-state index contributed by atoms with van der Waals surface area (Å²) in [4.78, 5) is 16.4. The van der Waals surface area contributed by atoms with Crippen LogP contribution in [-0.4, -0.2) is 26.3 Å². The molecule has 0 radical (unpaired) electrons. The number of benzene rings is 3. The van der Waals surface area contributed by atoms with Crippen LogP contribution in [0.15, 0.2) is 70.7 Å². The van der Waals surface area contributed by atoms with Crippen molar-refractivity contribution in [2.75, 3.05) is 0 Å². The molecule has 8 heteroatoms. The Kier molecular flexibility index (Phi) is 6.78. The molecule has 4 rings (SSSR count). The maximum absolute atomic E-state index is 12.0. The SMILES string of the molecule is CCc1nc(S/C(=C\c2c(OCc3ccc(Cl)cc3)ccc3ccccc23)C(=O)O)n[nH]1. The van der Waals surface area contributed by atoms with Gasteiger partial charge in [-0.1, -0.05) is 61.0 Å². The zero-order valence-corrected chi connectivity index (χ0v) is 18.8. The van der Waals surface area contributed by atoms with E-state index in [0.29, 0.717) is 40.3 Å². The van der Waals surface area contributed by atoms with E-state index >= 15 is 0 Å². The molecule has 3 aromatic carbocycles. The fourth-order valence-electron chi connectivity index (χ4n) is 3.14. The maximum atomic E-state index is 12.0. The predicted octanol–water partition coefficient (Wildman–Crippen LogP) is 5.97. The van der Waals surface area contributed by atoms with Crippen LogP contribution in [-0.2, 0) is 17.8 Å². The minimum absolute atomic E-state index is 0.0966. The number of nitrogens with one attached hydrogen (secondary N) is 1. The first-order chi connectivity index (χ1) is 15.5.